The van der Waals surface area contributed by atoms with Gasteiger partial charge < -0.3 is 5.32 Å². The molecule has 0 heterocycles. The van der Waals surface area contributed by atoms with E-state index in [-0.39, 0.29) is 5.91 Å². The summed E-state index contributed by atoms with van der Waals surface area (Å²) in [7, 11) is 2.02. The minimum Gasteiger partial charge on any atom is -0.325 e. The van der Waals surface area contributed by atoms with Gasteiger partial charge in [0.1, 0.15) is 0 Å². The van der Waals surface area contributed by atoms with Gasteiger partial charge in [0.15, 0.2) is 0 Å². The minimum absolute atomic E-state index is 0.0152. The Labute approximate surface area is 149 Å². The summed E-state index contributed by atoms with van der Waals surface area (Å²) in [6.45, 7) is 0.360. The molecule has 4 heteroatoms. The molecule has 0 radical (unpaired) electrons. The molecule has 1 aliphatic carbocycles. The van der Waals surface area contributed by atoms with Crippen molar-refractivity contribution >= 4 is 11.6 Å². The maximum absolute atomic E-state index is 12.4. The summed E-state index contributed by atoms with van der Waals surface area (Å²) in [4.78, 5) is 14.5. The number of benzene rings is 2. The van der Waals surface area contributed by atoms with Crippen molar-refractivity contribution < 1.29 is 4.79 Å². The predicted molar refractivity (Wildman–Crippen MR) is 99.1 cm³/mol. The number of likely N-dealkylation sites (N-methyl/N-ethyl adjacent to an activating group) is 1. The van der Waals surface area contributed by atoms with Crippen LogP contribution >= 0.6 is 0 Å². The molecule has 1 amide bonds. The first-order valence-corrected chi connectivity index (χ1v) is 8.71. The van der Waals surface area contributed by atoms with Crippen LogP contribution in [0.3, 0.4) is 0 Å². The molecule has 0 saturated heterocycles. The van der Waals surface area contributed by atoms with Crippen LogP contribution in [0.15, 0.2) is 48.5 Å². The molecule has 0 aromatic heterocycles. The van der Waals surface area contributed by atoms with Crippen molar-refractivity contribution in [2.45, 2.75) is 31.7 Å². The van der Waals surface area contributed by atoms with Crippen molar-refractivity contribution in [3.8, 4) is 6.07 Å². The van der Waals surface area contributed by atoms with Crippen molar-refractivity contribution in [3.63, 3.8) is 0 Å². The van der Waals surface area contributed by atoms with E-state index in [1.54, 1.807) is 0 Å². The van der Waals surface area contributed by atoms with Crippen LogP contribution in [0.4, 0.5) is 5.69 Å². The summed E-state index contributed by atoms with van der Waals surface area (Å²) in [6, 6.07) is 18.4. The van der Waals surface area contributed by atoms with Gasteiger partial charge in [-0.25, -0.2) is 0 Å². The highest BCUT2D eigenvalue weighted by Crippen LogP contribution is 2.33. The first-order valence-electron chi connectivity index (χ1n) is 8.71. The normalized spacial score (nSPS) is 16.1. The number of rotatable bonds is 5. The Bertz CT molecular complexity index is 776. The molecule has 128 valence electrons. The van der Waals surface area contributed by atoms with Crippen molar-refractivity contribution in [3.05, 3.63) is 65.2 Å². The molecule has 2 aromatic carbocycles. The number of fused-ring (bicyclic) bond motifs is 1. The summed E-state index contributed by atoms with van der Waals surface area (Å²) in [5.41, 5.74) is 4.48. The van der Waals surface area contributed by atoms with Crippen LogP contribution < -0.4 is 5.32 Å². The fraction of sp³-hybridized carbons (Fsp3) is 0.333. The van der Waals surface area contributed by atoms with Gasteiger partial charge in [0.2, 0.25) is 5.91 Å². The second-order valence-corrected chi connectivity index (χ2v) is 6.60. The SMILES string of the molecule is CN(CC(=O)Nc1ccc(CC#N)cc1)[C@@H]1CCCc2ccccc21. The van der Waals surface area contributed by atoms with Gasteiger partial charge in [-0.15, -0.1) is 0 Å². The number of amides is 1. The number of aryl methyl sites for hydroxylation is 1. The fourth-order valence-corrected chi connectivity index (χ4v) is 3.52. The minimum atomic E-state index is -0.0152. The molecule has 0 fully saturated rings. The van der Waals surface area contributed by atoms with Crippen LogP contribution in [0.1, 0.15) is 35.6 Å². The standard InChI is InChI=1S/C21H23N3O/c1-24(20-8-4-6-17-5-2-3-7-19(17)20)15-21(25)23-18-11-9-16(10-12-18)13-14-22/h2-3,5,7,9-12,20H,4,6,8,13,15H2,1H3,(H,23,25)/t20-/m1/s1. The largest absolute Gasteiger partial charge is 0.325 e. The van der Waals surface area contributed by atoms with E-state index in [4.69, 9.17) is 5.26 Å². The number of hydrogen-bond donors (Lipinski definition) is 1. The zero-order chi connectivity index (χ0) is 17.6. The highest BCUT2D eigenvalue weighted by atomic mass is 16.2. The Morgan fingerprint density at radius 2 is 2.00 bits per heavy atom. The van der Waals surface area contributed by atoms with Gasteiger partial charge in [-0.1, -0.05) is 36.4 Å². The maximum atomic E-state index is 12.4. The molecule has 0 unspecified atom stereocenters. The Morgan fingerprint density at radius 1 is 1.24 bits per heavy atom. The summed E-state index contributed by atoms with van der Waals surface area (Å²) in [5, 5.41) is 11.6. The lowest BCUT2D eigenvalue weighted by atomic mass is 9.87. The molecule has 1 aliphatic rings. The number of nitrogens with zero attached hydrogens (tertiary/aromatic N) is 2. The van der Waals surface area contributed by atoms with Crippen molar-refractivity contribution in [2.75, 3.05) is 18.9 Å². The number of nitrogens with one attached hydrogen (secondary N) is 1. The van der Waals surface area contributed by atoms with Crippen molar-refractivity contribution in [2.24, 2.45) is 0 Å². The lowest BCUT2D eigenvalue weighted by molar-refractivity contribution is -0.117. The average molecular weight is 333 g/mol. The van der Waals surface area contributed by atoms with E-state index in [0.717, 1.165) is 30.5 Å². The molecule has 3 rings (SSSR count). The van der Waals surface area contributed by atoms with Crippen molar-refractivity contribution in [1.29, 1.82) is 5.26 Å². The Balaban J connectivity index is 1.60. The zero-order valence-electron chi connectivity index (χ0n) is 14.5. The van der Waals surface area contributed by atoms with Gasteiger partial charge in [-0.2, -0.15) is 5.26 Å². The van der Waals surface area contributed by atoms with Crippen LogP contribution in [0, 0.1) is 11.3 Å². The number of carbonyl (C=O) groups excluding carboxylic acids is 1. The van der Waals surface area contributed by atoms with Gasteiger partial charge in [0.05, 0.1) is 19.0 Å². The van der Waals surface area contributed by atoms with Crippen LogP contribution in [0.2, 0.25) is 0 Å². The Morgan fingerprint density at radius 3 is 2.76 bits per heavy atom. The van der Waals surface area contributed by atoms with Crippen LogP contribution in [-0.4, -0.2) is 24.4 Å². The summed E-state index contributed by atoms with van der Waals surface area (Å²) < 4.78 is 0. The third-order valence-corrected chi connectivity index (χ3v) is 4.78. The van der Waals surface area contributed by atoms with Crippen LogP contribution in [0.25, 0.3) is 0 Å². The first-order chi connectivity index (χ1) is 12.2. The second kappa shape index (κ2) is 7.96. The quantitative estimate of drug-likeness (QED) is 0.907. The van der Waals surface area contributed by atoms with E-state index >= 15 is 0 Å². The monoisotopic (exact) mass is 333 g/mol. The molecule has 0 spiro atoms. The zero-order valence-corrected chi connectivity index (χ0v) is 14.5. The van der Waals surface area contributed by atoms with Gasteiger partial charge in [-0.3, -0.25) is 9.69 Å². The molecule has 0 aliphatic heterocycles. The van der Waals surface area contributed by atoms with Crippen LogP contribution in [0.5, 0.6) is 0 Å². The molecular weight excluding hydrogens is 310 g/mol. The number of hydrogen-bond acceptors (Lipinski definition) is 3. The van der Waals surface area contributed by atoms with Gasteiger partial charge in [0.25, 0.3) is 0 Å². The smallest absolute Gasteiger partial charge is 0.238 e. The molecule has 25 heavy (non-hydrogen) atoms. The third kappa shape index (κ3) is 4.26. The van der Waals surface area contributed by atoms with Gasteiger partial charge in [0, 0.05) is 11.7 Å². The lowest BCUT2D eigenvalue weighted by Gasteiger charge is -2.32. The van der Waals surface area contributed by atoms with Gasteiger partial charge >= 0.3 is 0 Å². The van der Waals surface area contributed by atoms with E-state index < -0.39 is 0 Å². The molecule has 0 bridgehead atoms. The average Bonchev–Trinajstić information content (AvgIpc) is 2.63. The van der Waals surface area contributed by atoms with Crippen molar-refractivity contribution in [1.82, 2.24) is 4.90 Å². The molecule has 0 saturated carbocycles. The summed E-state index contributed by atoms with van der Waals surface area (Å²) >= 11 is 0. The maximum Gasteiger partial charge on any atom is 0.238 e. The third-order valence-electron chi connectivity index (χ3n) is 4.78. The Kier molecular flexibility index (Phi) is 5.47. The van der Waals surface area contributed by atoms with E-state index in [1.807, 2.05) is 31.3 Å². The van der Waals surface area contributed by atoms with Crippen LogP contribution in [-0.2, 0) is 17.6 Å². The lowest BCUT2D eigenvalue weighted by Crippen LogP contribution is -2.34. The van der Waals surface area contributed by atoms with E-state index in [1.165, 1.54) is 11.1 Å². The number of anilines is 1. The molecular formula is C21H23N3O. The van der Waals surface area contributed by atoms with Gasteiger partial charge in [-0.05, 0) is 55.1 Å². The Hall–Kier alpha value is -2.64. The number of carbonyl (C=O) groups is 1. The second-order valence-electron chi connectivity index (χ2n) is 6.60. The van der Waals surface area contributed by atoms with E-state index in [2.05, 4.69) is 40.6 Å². The molecule has 4 nitrogen and oxygen atoms in total. The van der Waals surface area contributed by atoms with E-state index in [0.29, 0.717) is 19.0 Å². The first kappa shape index (κ1) is 17.2. The summed E-state index contributed by atoms with van der Waals surface area (Å²) in [6.07, 6.45) is 3.76. The summed E-state index contributed by atoms with van der Waals surface area (Å²) in [5.74, 6) is -0.0152. The highest BCUT2D eigenvalue weighted by molar-refractivity contribution is 5.92. The van der Waals surface area contributed by atoms with E-state index in [9.17, 15) is 4.79 Å². The fourth-order valence-electron chi connectivity index (χ4n) is 3.52. The topological polar surface area (TPSA) is 56.1 Å². The molecule has 2 aromatic rings. The predicted octanol–water partition coefficient (Wildman–Crippen LogP) is 3.70. The molecule has 1 N–H and O–H groups in total. The number of nitriles is 1. The highest BCUT2D eigenvalue weighted by Gasteiger charge is 2.24. The molecule has 1 atom stereocenters.